The lowest BCUT2D eigenvalue weighted by Crippen LogP contribution is -2.54. The number of aldehydes is 2. The maximum atomic E-state index is 13.4. The molecular weight excluding hydrogens is 785 g/mol. The van der Waals surface area contributed by atoms with Crippen molar-refractivity contribution in [2.75, 3.05) is 70.6 Å². The highest BCUT2D eigenvalue weighted by Gasteiger charge is 2.31. The molecule has 62 heavy (non-hydrogen) atoms. The van der Waals surface area contributed by atoms with Crippen molar-refractivity contribution in [2.24, 2.45) is 5.92 Å². The Balaban J connectivity index is 0.00000176. The third-order valence-electron chi connectivity index (χ3n) is 12.1. The zero-order chi connectivity index (χ0) is 44.8. The normalized spacial score (nSPS) is 17.4. The molecule has 5 heterocycles. The Bertz CT molecular complexity index is 2110. The smallest absolute Gasteiger partial charge is 0.256 e. The van der Waals surface area contributed by atoms with Crippen LogP contribution in [0.15, 0.2) is 60.8 Å². The number of piperidine rings is 1. The number of hydrogen-bond donors (Lipinski definition) is 3. The first-order valence-electron chi connectivity index (χ1n) is 22.4. The summed E-state index contributed by atoms with van der Waals surface area (Å²) in [5.41, 5.74) is 4.09. The van der Waals surface area contributed by atoms with Gasteiger partial charge in [0.1, 0.15) is 30.0 Å². The van der Waals surface area contributed by atoms with E-state index in [0.29, 0.717) is 29.6 Å². The number of aromatic nitrogens is 2. The summed E-state index contributed by atoms with van der Waals surface area (Å²) in [6.07, 6.45) is 9.16. The van der Waals surface area contributed by atoms with E-state index in [-0.39, 0.29) is 41.9 Å². The van der Waals surface area contributed by atoms with Crippen molar-refractivity contribution in [1.82, 2.24) is 30.0 Å². The number of nitrogens with zero attached hydrogens (tertiary/aromatic N) is 5. The van der Waals surface area contributed by atoms with Crippen molar-refractivity contribution in [3.63, 3.8) is 0 Å². The number of rotatable bonds is 16. The number of likely N-dealkylation sites (tertiary alicyclic amines) is 2. The van der Waals surface area contributed by atoms with Crippen molar-refractivity contribution in [1.29, 1.82) is 0 Å². The molecule has 2 aromatic heterocycles. The average Bonchev–Trinajstić information content (AvgIpc) is 3.93. The van der Waals surface area contributed by atoms with Crippen molar-refractivity contribution in [3.05, 3.63) is 83.2 Å². The van der Waals surface area contributed by atoms with E-state index in [2.05, 4.69) is 48.4 Å². The van der Waals surface area contributed by atoms with Gasteiger partial charge in [-0.3, -0.25) is 29.0 Å². The fourth-order valence-corrected chi connectivity index (χ4v) is 8.55. The number of fused-ring (bicyclic) bond motifs is 1. The molecule has 3 saturated heterocycles. The summed E-state index contributed by atoms with van der Waals surface area (Å²) in [5, 5.41) is 6.51. The predicted octanol–water partition coefficient (Wildman–Crippen LogP) is 6.98. The Morgan fingerprint density at radius 2 is 1.69 bits per heavy atom. The van der Waals surface area contributed by atoms with Crippen LogP contribution in [0.5, 0.6) is 5.75 Å². The first-order chi connectivity index (χ1) is 30.1. The lowest BCUT2D eigenvalue weighted by atomic mass is 9.92. The second-order valence-electron chi connectivity index (χ2n) is 15.9. The monoisotopic (exact) mass is 851 g/mol. The number of anilines is 2. The standard InChI is InChI=1S/C44H54N8O6.2C2H6/c1-45-43(56)40(7-5-21-53)50(3)44(57)36-13-10-33(22-32(36)28-54)52-19-15-29(16-20-52)14-18-51-26-35(27-51)58-34-11-8-30(9-12-34)42(55)48-41-24-37-31(25-46-41)23-38(47-37)39-6-4-17-49(39)2;2*1-2/h8-13,21-25,28-29,35,39-40,47H,4-7,14-20,26-27H2,1-3H3,(H,45,56)(H,46,48,55);2*1-2H3. The minimum atomic E-state index is -0.816. The van der Waals surface area contributed by atoms with Crippen molar-refractivity contribution >= 4 is 52.7 Å². The summed E-state index contributed by atoms with van der Waals surface area (Å²) >= 11 is 0. The summed E-state index contributed by atoms with van der Waals surface area (Å²) in [6, 6.07) is 16.2. The molecule has 3 aliphatic rings. The van der Waals surface area contributed by atoms with Crippen molar-refractivity contribution in [3.8, 4) is 5.75 Å². The Morgan fingerprint density at radius 1 is 0.968 bits per heavy atom. The molecule has 7 rings (SSSR count). The average molecular weight is 851 g/mol. The summed E-state index contributed by atoms with van der Waals surface area (Å²) in [5.74, 6) is 0.825. The molecule has 4 aromatic rings. The Kier molecular flexibility index (Phi) is 17.6. The summed E-state index contributed by atoms with van der Waals surface area (Å²) < 4.78 is 6.21. The van der Waals surface area contributed by atoms with Gasteiger partial charge >= 0.3 is 0 Å². The highest BCUT2D eigenvalue weighted by molar-refractivity contribution is 6.05. The third kappa shape index (κ3) is 11.6. The number of nitrogens with one attached hydrogen (secondary N) is 3. The van der Waals surface area contributed by atoms with Gasteiger partial charge in [0.2, 0.25) is 5.91 Å². The van der Waals surface area contributed by atoms with Gasteiger partial charge < -0.3 is 34.9 Å². The van der Waals surface area contributed by atoms with Gasteiger partial charge in [-0.15, -0.1) is 0 Å². The molecule has 2 unspecified atom stereocenters. The number of ether oxygens (including phenoxy) is 1. The lowest BCUT2D eigenvalue weighted by Gasteiger charge is -2.40. The first kappa shape index (κ1) is 47.4. The van der Waals surface area contributed by atoms with E-state index in [1.807, 2.05) is 52.0 Å². The number of aromatic amines is 1. The van der Waals surface area contributed by atoms with Crippen LogP contribution in [0.3, 0.4) is 0 Å². The molecule has 3 N–H and O–H groups in total. The molecule has 14 heteroatoms. The van der Waals surface area contributed by atoms with Crippen LogP contribution in [0.4, 0.5) is 11.5 Å². The number of H-pyrrole nitrogens is 1. The van der Waals surface area contributed by atoms with Crippen LogP contribution in [0.25, 0.3) is 10.9 Å². The van der Waals surface area contributed by atoms with Crippen LogP contribution in [-0.4, -0.2) is 128 Å². The molecular formula is C48H66N8O6. The minimum Gasteiger partial charge on any atom is -0.488 e. The molecule has 0 bridgehead atoms. The van der Waals surface area contributed by atoms with Gasteiger partial charge in [0.05, 0.1) is 11.1 Å². The second-order valence-corrected chi connectivity index (χ2v) is 15.9. The van der Waals surface area contributed by atoms with Crippen LogP contribution >= 0.6 is 0 Å². The molecule has 3 aliphatic heterocycles. The lowest BCUT2D eigenvalue weighted by molar-refractivity contribution is -0.125. The van der Waals surface area contributed by atoms with E-state index in [4.69, 9.17) is 4.74 Å². The zero-order valence-electron chi connectivity index (χ0n) is 37.6. The Morgan fingerprint density at radius 3 is 2.34 bits per heavy atom. The molecule has 0 aliphatic carbocycles. The van der Waals surface area contributed by atoms with Gasteiger partial charge in [-0.1, -0.05) is 27.7 Å². The maximum absolute atomic E-state index is 13.4. The molecule has 334 valence electrons. The van der Waals surface area contributed by atoms with Crippen LogP contribution in [0.1, 0.15) is 115 Å². The molecule has 0 radical (unpaired) electrons. The SMILES string of the molecule is CC.CC.CNC(=O)C(CCC=O)N(C)C(=O)c1ccc(N2CCC(CCN3CC(Oc4ccc(C(=O)Nc5cc6[nH]c(C7CCCN7C)cc6cn5)cc4)C3)CC2)cc1C=O. The number of benzene rings is 2. The maximum Gasteiger partial charge on any atom is 0.256 e. The molecule has 0 spiro atoms. The van der Waals surface area contributed by atoms with Gasteiger partial charge in [0.25, 0.3) is 11.8 Å². The second kappa shape index (κ2) is 23.0. The summed E-state index contributed by atoms with van der Waals surface area (Å²) in [6.45, 7) is 13.6. The summed E-state index contributed by atoms with van der Waals surface area (Å²) in [7, 11) is 5.16. The number of amides is 3. The number of carbonyl (C=O) groups excluding carboxylic acids is 5. The zero-order valence-corrected chi connectivity index (χ0v) is 37.6. The fraction of sp³-hybridized carbons (Fsp3) is 0.500. The number of likely N-dealkylation sites (N-methyl/N-ethyl adjacent to an activating group) is 2. The first-order valence-corrected chi connectivity index (χ1v) is 22.4. The molecule has 3 fully saturated rings. The number of carbonyl (C=O) groups is 5. The summed E-state index contributed by atoms with van der Waals surface area (Å²) in [4.78, 5) is 78.2. The van der Waals surface area contributed by atoms with Gasteiger partial charge in [-0.2, -0.15) is 0 Å². The topological polar surface area (TPSA) is 160 Å². The van der Waals surface area contributed by atoms with Gasteiger partial charge in [-0.25, -0.2) is 4.98 Å². The van der Waals surface area contributed by atoms with E-state index < -0.39 is 11.9 Å². The highest BCUT2D eigenvalue weighted by Crippen LogP contribution is 2.33. The Hall–Kier alpha value is -5.60. The van der Waals surface area contributed by atoms with Crippen molar-refractivity contribution < 1.29 is 28.7 Å². The van der Waals surface area contributed by atoms with Crippen LogP contribution in [-0.2, 0) is 9.59 Å². The Labute approximate surface area is 366 Å². The van der Waals surface area contributed by atoms with Gasteiger partial charge in [0, 0.05) is 92.9 Å². The molecule has 2 aromatic carbocycles. The molecule has 0 saturated carbocycles. The number of pyridine rings is 1. The molecule has 2 atom stereocenters. The third-order valence-corrected chi connectivity index (χ3v) is 12.1. The van der Waals surface area contributed by atoms with E-state index in [1.165, 1.54) is 31.1 Å². The van der Waals surface area contributed by atoms with Gasteiger partial charge in [-0.05, 0) is 113 Å². The van der Waals surface area contributed by atoms with Crippen molar-refractivity contribution in [2.45, 2.75) is 90.8 Å². The molecule has 14 nitrogen and oxygen atoms in total. The van der Waals surface area contributed by atoms with Crippen LogP contribution < -0.4 is 20.3 Å². The predicted molar refractivity (Wildman–Crippen MR) is 245 cm³/mol. The van der Waals surface area contributed by atoms with Gasteiger partial charge in [0.15, 0.2) is 6.29 Å². The minimum absolute atomic E-state index is 0.111. The number of hydrogen-bond acceptors (Lipinski definition) is 10. The fourth-order valence-electron chi connectivity index (χ4n) is 8.55. The molecule has 3 amide bonds. The van der Waals surface area contributed by atoms with E-state index in [0.717, 1.165) is 93.6 Å². The van der Waals surface area contributed by atoms with E-state index in [9.17, 15) is 24.0 Å². The van der Waals surface area contributed by atoms with E-state index in [1.54, 1.807) is 30.5 Å². The largest absolute Gasteiger partial charge is 0.488 e. The van der Waals surface area contributed by atoms with Crippen LogP contribution in [0.2, 0.25) is 0 Å². The highest BCUT2D eigenvalue weighted by atomic mass is 16.5. The van der Waals surface area contributed by atoms with Crippen LogP contribution in [0, 0.1) is 5.92 Å². The van der Waals surface area contributed by atoms with E-state index >= 15 is 0 Å². The quantitative estimate of drug-likeness (QED) is 0.100.